The van der Waals surface area contributed by atoms with E-state index in [0.29, 0.717) is 5.56 Å². The molecule has 1 heterocycles. The average Bonchev–Trinajstić information content (AvgIpc) is 3.01. The number of ketones is 1. The number of fused-ring (bicyclic) bond motifs is 1. The van der Waals surface area contributed by atoms with Crippen molar-refractivity contribution in [3.8, 4) is 0 Å². The normalized spacial score (nSPS) is 19.3. The number of hydrogen-bond donors (Lipinski definition) is 0. The number of benzene rings is 1. The van der Waals surface area contributed by atoms with E-state index in [9.17, 15) is 9.59 Å². The first kappa shape index (κ1) is 12.7. The number of hydrogen-bond acceptors (Lipinski definition) is 3. The van der Waals surface area contributed by atoms with E-state index in [4.69, 9.17) is 0 Å². The lowest BCUT2D eigenvalue weighted by atomic mass is 10.1. The molecule has 2 aliphatic rings. The highest BCUT2D eigenvalue weighted by Crippen LogP contribution is 2.35. The SMILES string of the molecule is CN1C(=O)C(=O)c2ccc(SCC3CCCC3)cc21. The first-order valence-corrected chi connectivity index (χ1v) is 7.74. The summed E-state index contributed by atoms with van der Waals surface area (Å²) in [6.45, 7) is 0. The van der Waals surface area contributed by atoms with E-state index in [1.54, 1.807) is 13.1 Å². The molecule has 0 spiro atoms. The minimum absolute atomic E-state index is 0.384. The molecular weight excluding hydrogens is 258 g/mol. The fourth-order valence-corrected chi connectivity index (χ4v) is 3.96. The van der Waals surface area contributed by atoms with Crippen LogP contribution in [-0.2, 0) is 4.79 Å². The molecule has 1 fully saturated rings. The first-order chi connectivity index (χ1) is 9.16. The van der Waals surface area contributed by atoms with Crippen LogP contribution < -0.4 is 4.90 Å². The van der Waals surface area contributed by atoms with Gasteiger partial charge >= 0.3 is 0 Å². The maximum absolute atomic E-state index is 11.7. The Hall–Kier alpha value is -1.29. The highest BCUT2D eigenvalue weighted by Gasteiger charge is 2.33. The topological polar surface area (TPSA) is 37.4 Å². The minimum atomic E-state index is -0.423. The zero-order valence-electron chi connectivity index (χ0n) is 11.0. The number of anilines is 1. The van der Waals surface area contributed by atoms with Gasteiger partial charge in [-0.2, -0.15) is 0 Å². The number of rotatable bonds is 3. The Balaban J connectivity index is 1.75. The van der Waals surface area contributed by atoms with E-state index in [1.807, 2.05) is 23.9 Å². The summed E-state index contributed by atoms with van der Waals surface area (Å²) in [6.07, 6.45) is 5.41. The van der Waals surface area contributed by atoms with Crippen LogP contribution in [0.15, 0.2) is 23.1 Å². The molecule has 1 aliphatic heterocycles. The molecule has 0 radical (unpaired) electrons. The third kappa shape index (κ3) is 2.29. The lowest BCUT2D eigenvalue weighted by Crippen LogP contribution is -2.24. The number of carbonyl (C=O) groups is 2. The second kappa shape index (κ2) is 5.00. The smallest absolute Gasteiger partial charge is 0.299 e. The fraction of sp³-hybridized carbons (Fsp3) is 0.467. The van der Waals surface area contributed by atoms with Crippen LogP contribution in [0.25, 0.3) is 0 Å². The van der Waals surface area contributed by atoms with Crippen LogP contribution in [-0.4, -0.2) is 24.5 Å². The Kier molecular flexibility index (Phi) is 3.35. The standard InChI is InChI=1S/C15H17NO2S/c1-16-13-8-11(19-9-10-4-2-3-5-10)6-7-12(13)14(17)15(16)18/h6-8,10H,2-5,9H2,1H3. The van der Waals surface area contributed by atoms with Crippen molar-refractivity contribution in [3.63, 3.8) is 0 Å². The quantitative estimate of drug-likeness (QED) is 0.628. The highest BCUT2D eigenvalue weighted by atomic mass is 32.2. The van der Waals surface area contributed by atoms with Crippen molar-refractivity contribution < 1.29 is 9.59 Å². The monoisotopic (exact) mass is 275 g/mol. The molecule has 3 rings (SSSR count). The van der Waals surface area contributed by atoms with Crippen molar-refractivity contribution in [3.05, 3.63) is 23.8 Å². The zero-order valence-corrected chi connectivity index (χ0v) is 11.8. The molecule has 1 saturated carbocycles. The van der Waals surface area contributed by atoms with Crippen molar-refractivity contribution in [2.75, 3.05) is 17.7 Å². The Morgan fingerprint density at radius 3 is 2.74 bits per heavy atom. The summed E-state index contributed by atoms with van der Waals surface area (Å²) in [6, 6.07) is 5.72. The number of Topliss-reactive ketones (excluding diaryl/α,β-unsaturated/α-hetero) is 1. The molecule has 1 aromatic carbocycles. The van der Waals surface area contributed by atoms with Crippen LogP contribution in [0.4, 0.5) is 5.69 Å². The van der Waals surface area contributed by atoms with Gasteiger partial charge in [0.05, 0.1) is 11.3 Å². The number of amides is 1. The van der Waals surface area contributed by atoms with E-state index in [1.165, 1.54) is 30.6 Å². The highest BCUT2D eigenvalue weighted by molar-refractivity contribution is 7.99. The van der Waals surface area contributed by atoms with Crippen LogP contribution >= 0.6 is 11.8 Å². The van der Waals surface area contributed by atoms with Crippen LogP contribution in [0.5, 0.6) is 0 Å². The van der Waals surface area contributed by atoms with Crippen molar-refractivity contribution in [2.45, 2.75) is 30.6 Å². The average molecular weight is 275 g/mol. The van der Waals surface area contributed by atoms with E-state index in [0.717, 1.165) is 22.3 Å². The van der Waals surface area contributed by atoms with Crippen molar-refractivity contribution in [2.24, 2.45) is 5.92 Å². The van der Waals surface area contributed by atoms with Crippen LogP contribution in [0.3, 0.4) is 0 Å². The molecule has 1 aliphatic carbocycles. The summed E-state index contributed by atoms with van der Waals surface area (Å²) in [5, 5.41) is 0. The van der Waals surface area contributed by atoms with Crippen molar-refractivity contribution in [1.29, 1.82) is 0 Å². The van der Waals surface area contributed by atoms with Gasteiger partial charge in [-0.15, -0.1) is 11.8 Å². The molecule has 0 N–H and O–H groups in total. The molecule has 19 heavy (non-hydrogen) atoms. The lowest BCUT2D eigenvalue weighted by molar-refractivity contribution is -0.114. The largest absolute Gasteiger partial charge is 0.308 e. The van der Waals surface area contributed by atoms with E-state index < -0.39 is 5.91 Å². The molecule has 4 heteroatoms. The Morgan fingerprint density at radius 2 is 2.00 bits per heavy atom. The summed E-state index contributed by atoms with van der Waals surface area (Å²) in [5.74, 6) is 1.17. The molecule has 0 unspecified atom stereocenters. The lowest BCUT2D eigenvalue weighted by Gasteiger charge is -2.12. The van der Waals surface area contributed by atoms with Crippen LogP contribution in [0.1, 0.15) is 36.0 Å². The minimum Gasteiger partial charge on any atom is -0.308 e. The van der Waals surface area contributed by atoms with Crippen molar-refractivity contribution in [1.82, 2.24) is 0 Å². The number of carbonyl (C=O) groups excluding carboxylic acids is 2. The van der Waals surface area contributed by atoms with Gasteiger partial charge in [-0.05, 0) is 37.0 Å². The summed E-state index contributed by atoms with van der Waals surface area (Å²) < 4.78 is 0. The van der Waals surface area contributed by atoms with Gasteiger partial charge in [-0.25, -0.2) is 0 Å². The van der Waals surface area contributed by atoms with Gasteiger partial charge in [0.2, 0.25) is 0 Å². The molecule has 0 bridgehead atoms. The summed E-state index contributed by atoms with van der Waals surface area (Å²) in [7, 11) is 1.66. The Bertz CT molecular complexity index is 535. The van der Waals surface area contributed by atoms with Gasteiger partial charge in [-0.1, -0.05) is 12.8 Å². The third-order valence-corrected chi connectivity index (χ3v) is 5.26. The van der Waals surface area contributed by atoms with Gasteiger partial charge in [0.25, 0.3) is 11.7 Å². The molecule has 0 aromatic heterocycles. The maximum atomic E-state index is 11.7. The van der Waals surface area contributed by atoms with Crippen LogP contribution in [0.2, 0.25) is 0 Å². The van der Waals surface area contributed by atoms with Crippen molar-refractivity contribution >= 4 is 29.1 Å². The number of likely N-dealkylation sites (N-methyl/N-ethyl adjacent to an activating group) is 1. The first-order valence-electron chi connectivity index (χ1n) is 6.76. The molecule has 100 valence electrons. The fourth-order valence-electron chi connectivity index (χ4n) is 2.84. The van der Waals surface area contributed by atoms with E-state index in [2.05, 4.69) is 0 Å². The van der Waals surface area contributed by atoms with Gasteiger partial charge in [0.1, 0.15) is 0 Å². The second-order valence-electron chi connectivity index (χ2n) is 5.33. The summed E-state index contributed by atoms with van der Waals surface area (Å²) in [5.41, 5.74) is 1.30. The number of thioether (sulfide) groups is 1. The van der Waals surface area contributed by atoms with Gasteiger partial charge in [0, 0.05) is 17.7 Å². The summed E-state index contributed by atoms with van der Waals surface area (Å²) >= 11 is 1.84. The Labute approximate surface area is 117 Å². The van der Waals surface area contributed by atoms with E-state index in [-0.39, 0.29) is 5.78 Å². The van der Waals surface area contributed by atoms with Gasteiger partial charge in [-0.3, -0.25) is 9.59 Å². The zero-order chi connectivity index (χ0) is 13.4. The molecule has 3 nitrogen and oxygen atoms in total. The summed E-state index contributed by atoms with van der Waals surface area (Å²) in [4.78, 5) is 25.9. The number of nitrogens with zero attached hydrogens (tertiary/aromatic N) is 1. The molecule has 0 saturated heterocycles. The third-order valence-electron chi connectivity index (χ3n) is 4.03. The molecule has 1 amide bonds. The maximum Gasteiger partial charge on any atom is 0.299 e. The van der Waals surface area contributed by atoms with Crippen LogP contribution in [0, 0.1) is 5.92 Å². The van der Waals surface area contributed by atoms with Gasteiger partial charge in [0.15, 0.2) is 0 Å². The molecule has 0 atom stereocenters. The molecular formula is C15H17NO2S. The Morgan fingerprint density at radius 1 is 1.26 bits per heavy atom. The molecule has 1 aromatic rings. The predicted molar refractivity (Wildman–Crippen MR) is 76.9 cm³/mol. The predicted octanol–water partition coefficient (Wildman–Crippen LogP) is 3.13. The van der Waals surface area contributed by atoms with Gasteiger partial charge < -0.3 is 4.90 Å². The van der Waals surface area contributed by atoms with E-state index >= 15 is 0 Å². The second-order valence-corrected chi connectivity index (χ2v) is 6.43.